The van der Waals surface area contributed by atoms with Crippen molar-refractivity contribution < 1.29 is 0 Å². The lowest BCUT2D eigenvalue weighted by Crippen LogP contribution is -2.00. The van der Waals surface area contributed by atoms with Gasteiger partial charge < -0.3 is 0 Å². The molecule has 7 aromatic carbocycles. The van der Waals surface area contributed by atoms with Crippen LogP contribution < -0.4 is 0 Å². The van der Waals surface area contributed by atoms with Crippen molar-refractivity contribution in [2.75, 3.05) is 0 Å². The van der Waals surface area contributed by atoms with Crippen molar-refractivity contribution in [1.29, 1.82) is 0 Å². The van der Waals surface area contributed by atoms with Gasteiger partial charge in [-0.1, -0.05) is 115 Å². The SMILES string of the molecule is c1ccc2nc(-n3c4ccccc4c4c5cc(-c6ccc(-c7cccc8c7sc7ccccc78)cc6)ccc5ccc43)ncc2c1. The Morgan fingerprint density at radius 3 is 2.17 bits per heavy atom. The van der Waals surface area contributed by atoms with E-state index in [4.69, 9.17) is 9.97 Å². The molecule has 4 heteroatoms. The van der Waals surface area contributed by atoms with E-state index in [1.165, 1.54) is 64.0 Å². The molecule has 214 valence electrons. The highest BCUT2D eigenvalue weighted by Crippen LogP contribution is 2.41. The zero-order valence-corrected chi connectivity index (χ0v) is 25.5. The molecule has 0 radical (unpaired) electrons. The van der Waals surface area contributed by atoms with Crippen LogP contribution in [0.25, 0.3) is 91.9 Å². The van der Waals surface area contributed by atoms with Crippen LogP contribution in [0, 0.1) is 0 Å². The quantitative estimate of drug-likeness (QED) is 0.201. The number of rotatable bonds is 3. The summed E-state index contributed by atoms with van der Waals surface area (Å²) in [5, 5.41) is 8.56. The molecule has 0 aliphatic heterocycles. The summed E-state index contributed by atoms with van der Waals surface area (Å²) in [6.45, 7) is 0. The lowest BCUT2D eigenvalue weighted by Gasteiger charge is -2.09. The lowest BCUT2D eigenvalue weighted by atomic mass is 9.96. The van der Waals surface area contributed by atoms with Gasteiger partial charge in [-0.3, -0.25) is 4.57 Å². The molecule has 46 heavy (non-hydrogen) atoms. The van der Waals surface area contributed by atoms with E-state index in [2.05, 4.69) is 132 Å². The Kier molecular flexibility index (Phi) is 5.45. The first-order valence-corrected chi connectivity index (χ1v) is 16.3. The van der Waals surface area contributed by atoms with Gasteiger partial charge in [-0.05, 0) is 63.4 Å². The van der Waals surface area contributed by atoms with Gasteiger partial charge in [0.25, 0.3) is 0 Å². The minimum atomic E-state index is 0.685. The van der Waals surface area contributed by atoms with E-state index in [9.17, 15) is 0 Å². The van der Waals surface area contributed by atoms with Crippen LogP contribution in [-0.4, -0.2) is 14.5 Å². The summed E-state index contributed by atoms with van der Waals surface area (Å²) in [6, 6.07) is 52.4. The van der Waals surface area contributed by atoms with Crippen LogP contribution in [0.4, 0.5) is 0 Å². The smallest absolute Gasteiger partial charge is 0.235 e. The van der Waals surface area contributed by atoms with E-state index in [-0.39, 0.29) is 0 Å². The van der Waals surface area contributed by atoms with E-state index < -0.39 is 0 Å². The third-order valence-electron chi connectivity index (χ3n) is 9.26. The molecule has 10 aromatic rings. The summed E-state index contributed by atoms with van der Waals surface area (Å²) in [6.07, 6.45) is 1.92. The van der Waals surface area contributed by atoms with E-state index in [1.807, 2.05) is 35.7 Å². The van der Waals surface area contributed by atoms with Gasteiger partial charge in [0.15, 0.2) is 0 Å². The van der Waals surface area contributed by atoms with Crippen LogP contribution in [0.2, 0.25) is 0 Å². The van der Waals surface area contributed by atoms with E-state index in [1.54, 1.807) is 0 Å². The molecule has 0 saturated heterocycles. The van der Waals surface area contributed by atoms with Crippen molar-refractivity contribution in [2.24, 2.45) is 0 Å². The van der Waals surface area contributed by atoms with Crippen LogP contribution in [0.3, 0.4) is 0 Å². The van der Waals surface area contributed by atoms with E-state index in [0.717, 1.165) is 21.9 Å². The summed E-state index contributed by atoms with van der Waals surface area (Å²) < 4.78 is 4.88. The van der Waals surface area contributed by atoms with Gasteiger partial charge in [0.05, 0.1) is 16.6 Å². The second-order valence-corrected chi connectivity index (χ2v) is 12.9. The van der Waals surface area contributed by atoms with Crippen molar-refractivity contribution in [3.05, 3.63) is 152 Å². The second-order valence-electron chi connectivity index (χ2n) is 11.8. The summed E-state index contributed by atoms with van der Waals surface area (Å²) in [5.74, 6) is 0.685. The summed E-state index contributed by atoms with van der Waals surface area (Å²) >= 11 is 1.88. The molecule has 0 unspecified atom stereocenters. The molecular weight excluding hydrogens is 579 g/mol. The highest BCUT2D eigenvalue weighted by Gasteiger charge is 2.17. The average Bonchev–Trinajstić information content (AvgIpc) is 3.67. The molecule has 0 saturated carbocycles. The van der Waals surface area contributed by atoms with E-state index in [0.29, 0.717) is 5.95 Å². The summed E-state index contributed by atoms with van der Waals surface area (Å²) in [4.78, 5) is 9.79. The van der Waals surface area contributed by atoms with Crippen molar-refractivity contribution in [3.63, 3.8) is 0 Å². The van der Waals surface area contributed by atoms with Crippen LogP contribution in [0.1, 0.15) is 0 Å². The van der Waals surface area contributed by atoms with E-state index >= 15 is 0 Å². The summed E-state index contributed by atoms with van der Waals surface area (Å²) in [7, 11) is 0. The Balaban J connectivity index is 1.12. The Morgan fingerprint density at radius 2 is 1.24 bits per heavy atom. The molecule has 0 aliphatic rings. The van der Waals surface area contributed by atoms with Gasteiger partial charge in [-0.25, -0.2) is 9.97 Å². The molecule has 3 heterocycles. The van der Waals surface area contributed by atoms with Gasteiger partial charge in [-0.15, -0.1) is 11.3 Å². The minimum Gasteiger partial charge on any atom is -0.278 e. The largest absolute Gasteiger partial charge is 0.278 e. The number of para-hydroxylation sites is 2. The Morgan fingerprint density at radius 1 is 0.500 bits per heavy atom. The number of fused-ring (bicyclic) bond motifs is 9. The van der Waals surface area contributed by atoms with Crippen LogP contribution in [-0.2, 0) is 0 Å². The normalized spacial score (nSPS) is 11.9. The van der Waals surface area contributed by atoms with Crippen molar-refractivity contribution in [1.82, 2.24) is 14.5 Å². The standard InChI is InChI=1S/C42H25N3S/c1-4-13-36-30(8-1)25-43-42(44-36)45-37-14-5-2-10-34(37)40-35-24-29(21-20-28(35)22-23-38(40)45)26-16-18-27(19-17-26)31-11-7-12-33-32-9-3-6-15-39(32)46-41(31)33/h1-25H. The first-order valence-electron chi connectivity index (χ1n) is 15.5. The molecule has 0 fully saturated rings. The van der Waals surface area contributed by atoms with Gasteiger partial charge in [-0.2, -0.15) is 0 Å². The van der Waals surface area contributed by atoms with Crippen LogP contribution >= 0.6 is 11.3 Å². The monoisotopic (exact) mass is 603 g/mol. The van der Waals surface area contributed by atoms with Gasteiger partial charge in [0, 0.05) is 42.5 Å². The summed E-state index contributed by atoms with van der Waals surface area (Å²) in [5.41, 5.74) is 8.07. The zero-order valence-electron chi connectivity index (χ0n) is 24.7. The first-order chi connectivity index (χ1) is 22.8. The van der Waals surface area contributed by atoms with Crippen molar-refractivity contribution >= 4 is 75.0 Å². The maximum Gasteiger partial charge on any atom is 0.235 e. The highest BCUT2D eigenvalue weighted by molar-refractivity contribution is 7.26. The topological polar surface area (TPSA) is 30.7 Å². The number of nitrogens with zero attached hydrogens (tertiary/aromatic N) is 3. The maximum absolute atomic E-state index is 4.98. The molecule has 0 bridgehead atoms. The van der Waals surface area contributed by atoms with Gasteiger partial charge in [0.2, 0.25) is 5.95 Å². The fourth-order valence-electron chi connectivity index (χ4n) is 7.07. The van der Waals surface area contributed by atoms with Crippen LogP contribution in [0.5, 0.6) is 0 Å². The predicted octanol–water partition coefficient (Wildman–Crippen LogP) is 11.6. The number of hydrogen-bond acceptors (Lipinski definition) is 3. The van der Waals surface area contributed by atoms with Crippen LogP contribution in [0.15, 0.2) is 152 Å². The number of hydrogen-bond donors (Lipinski definition) is 0. The molecule has 0 spiro atoms. The molecule has 3 nitrogen and oxygen atoms in total. The molecule has 0 atom stereocenters. The van der Waals surface area contributed by atoms with Gasteiger partial charge >= 0.3 is 0 Å². The minimum absolute atomic E-state index is 0.685. The Bertz CT molecular complexity index is 2810. The predicted molar refractivity (Wildman–Crippen MR) is 195 cm³/mol. The molecular formula is C42H25N3S. The zero-order chi connectivity index (χ0) is 30.2. The molecule has 0 amide bonds. The van der Waals surface area contributed by atoms with Crippen molar-refractivity contribution in [3.8, 4) is 28.2 Å². The molecule has 3 aromatic heterocycles. The first kappa shape index (κ1) is 25.5. The lowest BCUT2D eigenvalue weighted by molar-refractivity contribution is 1.01. The number of aromatic nitrogens is 3. The Hall–Kier alpha value is -5.84. The van der Waals surface area contributed by atoms with Gasteiger partial charge in [0.1, 0.15) is 0 Å². The molecule has 10 rings (SSSR count). The number of benzene rings is 7. The molecule has 0 aliphatic carbocycles. The number of thiophene rings is 1. The fourth-order valence-corrected chi connectivity index (χ4v) is 8.31. The fraction of sp³-hybridized carbons (Fsp3) is 0. The third kappa shape index (κ3) is 3.77. The molecule has 0 N–H and O–H groups in total. The second kappa shape index (κ2) is 9.83. The third-order valence-corrected chi connectivity index (χ3v) is 10.5. The van der Waals surface area contributed by atoms with Crippen molar-refractivity contribution in [2.45, 2.75) is 0 Å². The maximum atomic E-state index is 4.98. The highest BCUT2D eigenvalue weighted by atomic mass is 32.1. The Labute approximate surface area is 268 Å². The average molecular weight is 604 g/mol.